The molecule has 0 aromatic heterocycles. The third-order valence-corrected chi connectivity index (χ3v) is 6.55. The molecule has 6 heterocycles. The molecule has 0 unspecified atom stereocenters. The number of nitrogens with zero attached hydrogens (tertiary/aromatic N) is 2. The Bertz CT molecular complexity index is 706. The van der Waals surface area contributed by atoms with Gasteiger partial charge in [0.05, 0.1) is 48.1 Å². The molecular formula is C18H16N2O6. The van der Waals surface area contributed by atoms with E-state index >= 15 is 0 Å². The first-order valence-corrected chi connectivity index (χ1v) is 8.94. The van der Waals surface area contributed by atoms with Crippen LogP contribution < -0.4 is 0 Å². The Kier molecular flexibility index (Phi) is 2.67. The fourth-order valence-corrected chi connectivity index (χ4v) is 5.37. The molecule has 0 radical (unpaired) electrons. The topological polar surface area (TPSA) is 93.2 Å². The van der Waals surface area contributed by atoms with Crippen molar-refractivity contribution in [3.8, 4) is 0 Å². The second-order valence-corrected chi connectivity index (χ2v) is 7.66. The number of likely N-dealkylation sites (tertiary alicyclic amines) is 2. The average Bonchev–Trinajstić information content (AvgIpc) is 3.43. The highest BCUT2D eigenvalue weighted by molar-refractivity contribution is 6.08. The maximum atomic E-state index is 12.6. The highest BCUT2D eigenvalue weighted by atomic mass is 16.5. The van der Waals surface area contributed by atoms with Gasteiger partial charge < -0.3 is 9.47 Å². The molecule has 4 bridgehead atoms. The van der Waals surface area contributed by atoms with E-state index in [-0.39, 0.29) is 61.1 Å². The highest BCUT2D eigenvalue weighted by Gasteiger charge is 2.62. The fraction of sp³-hybridized carbons (Fsp3) is 0.556. The molecule has 6 rings (SSSR count). The van der Waals surface area contributed by atoms with Crippen LogP contribution in [-0.2, 0) is 28.7 Å². The summed E-state index contributed by atoms with van der Waals surface area (Å²) in [5.74, 6) is -2.90. The monoisotopic (exact) mass is 356 g/mol. The van der Waals surface area contributed by atoms with E-state index in [2.05, 4.69) is 0 Å². The molecule has 0 saturated carbocycles. The zero-order valence-corrected chi connectivity index (χ0v) is 13.7. The molecule has 4 amide bonds. The normalized spacial score (nSPS) is 47.1. The van der Waals surface area contributed by atoms with E-state index in [1.54, 1.807) is 0 Å². The summed E-state index contributed by atoms with van der Waals surface area (Å²) < 4.78 is 11.2. The van der Waals surface area contributed by atoms with E-state index in [0.717, 1.165) is 0 Å². The summed E-state index contributed by atoms with van der Waals surface area (Å²) >= 11 is 0. The molecule has 0 aromatic carbocycles. The van der Waals surface area contributed by atoms with Crippen molar-refractivity contribution in [1.82, 2.24) is 9.80 Å². The van der Waals surface area contributed by atoms with Gasteiger partial charge in [-0.05, 0) is 0 Å². The molecule has 8 nitrogen and oxygen atoms in total. The Morgan fingerprint density at radius 2 is 0.846 bits per heavy atom. The zero-order chi connectivity index (χ0) is 17.7. The average molecular weight is 356 g/mol. The fourth-order valence-electron chi connectivity index (χ4n) is 5.37. The summed E-state index contributed by atoms with van der Waals surface area (Å²) in [6, 6.07) is 0. The number of carbonyl (C=O) groups is 4. The van der Waals surface area contributed by atoms with Gasteiger partial charge in [-0.25, -0.2) is 0 Å². The smallest absolute Gasteiger partial charge is 0.236 e. The molecule has 0 spiro atoms. The van der Waals surface area contributed by atoms with Crippen molar-refractivity contribution in [3.63, 3.8) is 0 Å². The number of carbonyl (C=O) groups excluding carboxylic acids is 4. The number of hydrogen-bond acceptors (Lipinski definition) is 6. The van der Waals surface area contributed by atoms with Crippen molar-refractivity contribution < 1.29 is 28.7 Å². The van der Waals surface area contributed by atoms with Crippen LogP contribution in [0, 0.1) is 23.7 Å². The maximum absolute atomic E-state index is 12.6. The van der Waals surface area contributed by atoms with E-state index in [1.807, 2.05) is 24.3 Å². The predicted octanol–water partition coefficient (Wildman–Crippen LogP) is -1.14. The third kappa shape index (κ3) is 1.58. The molecule has 0 aliphatic carbocycles. The molecule has 6 aliphatic heterocycles. The summed E-state index contributed by atoms with van der Waals surface area (Å²) in [5.41, 5.74) is 0. The van der Waals surface area contributed by atoms with Crippen molar-refractivity contribution >= 4 is 23.6 Å². The van der Waals surface area contributed by atoms with Crippen LogP contribution in [-0.4, -0.2) is 70.9 Å². The molecule has 134 valence electrons. The summed E-state index contributed by atoms with van der Waals surface area (Å²) in [6.07, 6.45) is 5.99. The van der Waals surface area contributed by atoms with Crippen LogP contribution in [0.15, 0.2) is 24.3 Å². The lowest BCUT2D eigenvalue weighted by atomic mass is 9.85. The lowest BCUT2D eigenvalue weighted by molar-refractivity contribution is -0.147. The molecule has 0 aromatic rings. The van der Waals surface area contributed by atoms with Gasteiger partial charge in [0.15, 0.2) is 0 Å². The minimum Gasteiger partial charge on any atom is -0.365 e. The van der Waals surface area contributed by atoms with Gasteiger partial charge in [0.25, 0.3) is 0 Å². The van der Waals surface area contributed by atoms with Crippen LogP contribution in [0.1, 0.15) is 0 Å². The predicted molar refractivity (Wildman–Crippen MR) is 83.0 cm³/mol. The second-order valence-electron chi connectivity index (χ2n) is 7.66. The Labute approximate surface area is 148 Å². The number of ether oxygens (including phenoxy) is 2. The van der Waals surface area contributed by atoms with Crippen LogP contribution in [0.4, 0.5) is 0 Å². The highest BCUT2D eigenvalue weighted by Crippen LogP contribution is 2.46. The van der Waals surface area contributed by atoms with Gasteiger partial charge in [0.1, 0.15) is 0 Å². The molecule has 0 N–H and O–H groups in total. The lowest BCUT2D eigenvalue weighted by Gasteiger charge is -2.22. The Hall–Kier alpha value is -2.32. The van der Waals surface area contributed by atoms with Crippen molar-refractivity contribution in [1.29, 1.82) is 0 Å². The summed E-state index contributed by atoms with van der Waals surface area (Å²) in [6.45, 7) is 0.0926. The zero-order valence-electron chi connectivity index (χ0n) is 13.7. The lowest BCUT2D eigenvalue weighted by Crippen LogP contribution is -2.43. The van der Waals surface area contributed by atoms with Crippen LogP contribution in [0.3, 0.4) is 0 Å². The van der Waals surface area contributed by atoms with E-state index in [9.17, 15) is 19.2 Å². The number of amides is 4. The van der Waals surface area contributed by atoms with E-state index in [1.165, 1.54) is 9.80 Å². The first-order chi connectivity index (χ1) is 12.6. The van der Waals surface area contributed by atoms with E-state index < -0.39 is 23.7 Å². The summed E-state index contributed by atoms with van der Waals surface area (Å²) in [7, 11) is 0. The molecule has 8 heteroatoms. The second kappa shape index (κ2) is 4.69. The van der Waals surface area contributed by atoms with Crippen molar-refractivity contribution in [2.24, 2.45) is 23.7 Å². The van der Waals surface area contributed by atoms with Gasteiger partial charge in [-0.15, -0.1) is 0 Å². The number of imide groups is 2. The Morgan fingerprint density at radius 3 is 1.12 bits per heavy atom. The summed E-state index contributed by atoms with van der Waals surface area (Å²) in [5, 5.41) is 0. The number of hydrogen-bond donors (Lipinski definition) is 0. The van der Waals surface area contributed by atoms with Gasteiger partial charge in [-0.1, -0.05) is 24.3 Å². The van der Waals surface area contributed by atoms with Crippen LogP contribution in [0.25, 0.3) is 0 Å². The number of rotatable bonds is 3. The standard InChI is InChI=1S/C18H16N2O6/c21-15-11-7-1-2-8(25-7)12(11)16(22)19(15)5-6-20-17(23)13-9-3-4-10(26-9)14(13)18(20)24/h1-4,7-14H,5-6H2/t7-,8+,9-,10+,11-,12+,13-,14+. The van der Waals surface area contributed by atoms with Gasteiger partial charge in [-0.3, -0.25) is 29.0 Å². The van der Waals surface area contributed by atoms with Crippen molar-refractivity contribution in [2.75, 3.05) is 13.1 Å². The SMILES string of the molecule is O=C1[C@@H]2[C@H](C(=O)N1CCN1C(=O)[C@@H]3[C@H](C1=O)[C@H]1C=C[C@@H]3O1)[C@H]1C=C[C@@H]2O1. The van der Waals surface area contributed by atoms with Crippen LogP contribution in [0.5, 0.6) is 0 Å². The largest absolute Gasteiger partial charge is 0.365 e. The quantitative estimate of drug-likeness (QED) is 0.469. The Balaban J connectivity index is 1.19. The third-order valence-electron chi connectivity index (χ3n) is 6.55. The summed E-state index contributed by atoms with van der Waals surface area (Å²) in [4.78, 5) is 52.9. The number of fused-ring (bicyclic) bond motifs is 10. The molecule has 26 heavy (non-hydrogen) atoms. The van der Waals surface area contributed by atoms with E-state index in [4.69, 9.17) is 9.47 Å². The molecule has 6 aliphatic rings. The van der Waals surface area contributed by atoms with Crippen LogP contribution in [0.2, 0.25) is 0 Å². The minimum atomic E-state index is -0.463. The molecule has 4 saturated heterocycles. The first-order valence-electron chi connectivity index (χ1n) is 8.94. The van der Waals surface area contributed by atoms with Crippen LogP contribution >= 0.6 is 0 Å². The maximum Gasteiger partial charge on any atom is 0.236 e. The molecular weight excluding hydrogens is 340 g/mol. The van der Waals surface area contributed by atoms with Crippen molar-refractivity contribution in [3.05, 3.63) is 24.3 Å². The molecule has 8 atom stereocenters. The first kappa shape index (κ1) is 14.8. The molecule has 4 fully saturated rings. The van der Waals surface area contributed by atoms with Crippen molar-refractivity contribution in [2.45, 2.75) is 24.4 Å². The minimum absolute atomic E-state index is 0.0463. The van der Waals surface area contributed by atoms with E-state index in [0.29, 0.717) is 0 Å². The van der Waals surface area contributed by atoms with Gasteiger partial charge >= 0.3 is 0 Å². The Morgan fingerprint density at radius 1 is 0.577 bits per heavy atom. The van der Waals surface area contributed by atoms with Gasteiger partial charge in [0, 0.05) is 13.1 Å². The van der Waals surface area contributed by atoms with Gasteiger partial charge in [-0.2, -0.15) is 0 Å². The van der Waals surface area contributed by atoms with Gasteiger partial charge in [0.2, 0.25) is 23.6 Å².